The Morgan fingerprint density at radius 2 is 1.91 bits per heavy atom. The van der Waals surface area contributed by atoms with Gasteiger partial charge in [-0.25, -0.2) is 4.79 Å². The number of esters is 1. The van der Waals surface area contributed by atoms with E-state index in [1.165, 1.54) is 0 Å². The predicted octanol–water partition coefficient (Wildman–Crippen LogP) is 5.48. The van der Waals surface area contributed by atoms with Crippen molar-refractivity contribution in [3.63, 3.8) is 0 Å². The molecule has 2 N–H and O–H groups in total. The smallest absolute Gasteiger partial charge is 0.341 e. The summed E-state index contributed by atoms with van der Waals surface area (Å²) in [5.41, 5.74) is 0.689. The lowest BCUT2D eigenvalue weighted by Gasteiger charge is -2.09. The van der Waals surface area contributed by atoms with Crippen molar-refractivity contribution in [1.82, 2.24) is 5.32 Å². The highest BCUT2D eigenvalue weighted by molar-refractivity contribution is 7.18. The van der Waals surface area contributed by atoms with E-state index in [1.54, 1.807) is 32.0 Å². The van der Waals surface area contributed by atoms with E-state index in [9.17, 15) is 14.4 Å². The fourth-order valence-electron chi connectivity index (χ4n) is 2.78. The average molecular weight is 501 g/mol. The van der Waals surface area contributed by atoms with Gasteiger partial charge in [-0.1, -0.05) is 30.1 Å². The minimum absolute atomic E-state index is 0.155. The first-order valence-electron chi connectivity index (χ1n) is 10.2. The second kappa shape index (κ2) is 12.7. The quantitative estimate of drug-likeness (QED) is 0.314. The molecule has 10 heteroatoms. The third-order valence-corrected chi connectivity index (χ3v) is 6.06. The van der Waals surface area contributed by atoms with Crippen LogP contribution in [0.25, 0.3) is 0 Å². The number of carbonyl (C=O) groups is 3. The lowest BCUT2D eigenvalue weighted by Crippen LogP contribution is -2.23. The van der Waals surface area contributed by atoms with Crippen LogP contribution in [0.15, 0.2) is 18.2 Å². The van der Waals surface area contributed by atoms with Gasteiger partial charge in [-0.15, -0.1) is 11.3 Å². The molecule has 0 radical (unpaired) electrons. The number of nitrogens with one attached hydrogen (secondary N) is 2. The highest BCUT2D eigenvalue weighted by Crippen LogP contribution is 2.34. The van der Waals surface area contributed by atoms with Crippen LogP contribution in [0.1, 0.15) is 58.7 Å². The minimum atomic E-state index is -0.577. The molecule has 0 saturated heterocycles. The molecule has 2 aromatic rings. The summed E-state index contributed by atoms with van der Waals surface area (Å²) in [6.45, 7) is 6.28. The number of hydrogen-bond donors (Lipinski definition) is 2. The Hall–Kier alpha value is -2.29. The number of amides is 2. The van der Waals surface area contributed by atoms with Crippen LogP contribution in [-0.4, -0.2) is 37.5 Å². The fraction of sp³-hybridized carbons (Fsp3) is 0.409. The Morgan fingerprint density at radius 1 is 1.16 bits per heavy atom. The summed E-state index contributed by atoms with van der Waals surface area (Å²) in [4.78, 5) is 37.7. The maximum atomic E-state index is 12.5. The maximum Gasteiger partial charge on any atom is 0.341 e. The Kier molecular flexibility index (Phi) is 10.3. The standard InChI is InChI=1S/C22H26Cl2N2O5S/c1-4-10-25-20(28)19-13(3)18(22(29)30-5-2)21(32-19)26-17(27)7-6-11-31-16-9-8-14(23)12-15(16)24/h8-9,12H,4-7,10-11H2,1-3H3,(H,25,28)(H,26,27). The Balaban J connectivity index is 2.03. The van der Waals surface area contributed by atoms with Crippen LogP contribution in [0, 0.1) is 6.92 Å². The van der Waals surface area contributed by atoms with E-state index in [0.29, 0.717) is 44.2 Å². The van der Waals surface area contributed by atoms with E-state index in [1.807, 2.05) is 6.92 Å². The first-order chi connectivity index (χ1) is 15.3. The van der Waals surface area contributed by atoms with E-state index < -0.39 is 5.97 Å². The van der Waals surface area contributed by atoms with Gasteiger partial charge in [0, 0.05) is 18.0 Å². The van der Waals surface area contributed by atoms with E-state index in [-0.39, 0.29) is 37.0 Å². The number of rotatable bonds is 11. The van der Waals surface area contributed by atoms with Gasteiger partial charge in [0.15, 0.2) is 0 Å². The van der Waals surface area contributed by atoms with Crippen molar-refractivity contribution in [3.05, 3.63) is 44.2 Å². The molecule has 1 heterocycles. The van der Waals surface area contributed by atoms with Crippen molar-refractivity contribution < 1.29 is 23.9 Å². The molecule has 0 spiro atoms. The van der Waals surface area contributed by atoms with Crippen molar-refractivity contribution in [2.45, 2.75) is 40.0 Å². The molecular weight excluding hydrogens is 475 g/mol. The molecule has 0 bridgehead atoms. The van der Waals surface area contributed by atoms with E-state index in [4.69, 9.17) is 32.7 Å². The summed E-state index contributed by atoms with van der Waals surface area (Å²) in [5, 5.41) is 6.73. The summed E-state index contributed by atoms with van der Waals surface area (Å²) in [7, 11) is 0. The van der Waals surface area contributed by atoms with Gasteiger partial charge < -0.3 is 20.1 Å². The molecule has 0 aliphatic rings. The fourth-order valence-corrected chi connectivity index (χ4v) is 4.37. The highest BCUT2D eigenvalue weighted by Gasteiger charge is 2.26. The van der Waals surface area contributed by atoms with Gasteiger partial charge in [-0.2, -0.15) is 0 Å². The van der Waals surface area contributed by atoms with Crippen LogP contribution in [0.5, 0.6) is 5.75 Å². The Labute approximate surface area is 201 Å². The van der Waals surface area contributed by atoms with Gasteiger partial charge in [-0.3, -0.25) is 9.59 Å². The van der Waals surface area contributed by atoms with Crippen LogP contribution in [-0.2, 0) is 9.53 Å². The van der Waals surface area contributed by atoms with Crippen molar-refractivity contribution in [2.24, 2.45) is 0 Å². The minimum Gasteiger partial charge on any atom is -0.492 e. The molecule has 7 nitrogen and oxygen atoms in total. The molecule has 2 rings (SSSR count). The summed E-state index contributed by atoms with van der Waals surface area (Å²) in [6.07, 6.45) is 1.36. The molecule has 32 heavy (non-hydrogen) atoms. The molecule has 2 amide bonds. The largest absolute Gasteiger partial charge is 0.492 e. The molecule has 174 valence electrons. The van der Waals surface area contributed by atoms with E-state index in [0.717, 1.165) is 17.8 Å². The first-order valence-corrected chi connectivity index (χ1v) is 11.8. The summed E-state index contributed by atoms with van der Waals surface area (Å²) in [6, 6.07) is 4.91. The maximum absolute atomic E-state index is 12.5. The first kappa shape index (κ1) is 26.0. The van der Waals surface area contributed by atoms with Crippen molar-refractivity contribution in [3.8, 4) is 5.75 Å². The number of ether oxygens (including phenoxy) is 2. The zero-order chi connectivity index (χ0) is 23.7. The SMILES string of the molecule is CCCNC(=O)c1sc(NC(=O)CCCOc2ccc(Cl)cc2Cl)c(C(=O)OCC)c1C. The molecule has 1 aromatic carbocycles. The number of hydrogen-bond acceptors (Lipinski definition) is 6. The molecule has 0 atom stereocenters. The van der Waals surface area contributed by atoms with Gasteiger partial charge in [0.2, 0.25) is 5.91 Å². The second-order valence-corrected chi connectivity index (χ2v) is 8.68. The van der Waals surface area contributed by atoms with Gasteiger partial charge in [0.25, 0.3) is 5.91 Å². The molecule has 0 aliphatic heterocycles. The lowest BCUT2D eigenvalue weighted by molar-refractivity contribution is -0.116. The monoisotopic (exact) mass is 500 g/mol. The van der Waals surface area contributed by atoms with Gasteiger partial charge >= 0.3 is 5.97 Å². The number of benzene rings is 1. The zero-order valence-electron chi connectivity index (χ0n) is 18.2. The summed E-state index contributed by atoms with van der Waals surface area (Å²) >= 11 is 13.0. The average Bonchev–Trinajstić information content (AvgIpc) is 3.06. The van der Waals surface area contributed by atoms with Crippen LogP contribution in [0.4, 0.5) is 5.00 Å². The zero-order valence-corrected chi connectivity index (χ0v) is 20.5. The van der Waals surface area contributed by atoms with Crippen LogP contribution in [0.3, 0.4) is 0 Å². The third kappa shape index (κ3) is 7.12. The van der Waals surface area contributed by atoms with E-state index >= 15 is 0 Å². The third-order valence-electron chi connectivity index (χ3n) is 4.32. The summed E-state index contributed by atoms with van der Waals surface area (Å²) < 4.78 is 10.7. The van der Waals surface area contributed by atoms with Crippen LogP contribution >= 0.6 is 34.5 Å². The van der Waals surface area contributed by atoms with Crippen molar-refractivity contribution in [2.75, 3.05) is 25.1 Å². The number of anilines is 1. The van der Waals surface area contributed by atoms with Gasteiger partial charge in [0.05, 0.1) is 28.7 Å². The van der Waals surface area contributed by atoms with Crippen molar-refractivity contribution >= 4 is 57.3 Å². The molecular formula is C22H26Cl2N2O5S. The number of thiophene rings is 1. The number of carbonyl (C=O) groups excluding carboxylic acids is 3. The Bertz CT molecular complexity index is 977. The number of halogens is 2. The lowest BCUT2D eigenvalue weighted by atomic mass is 10.1. The molecule has 0 saturated carbocycles. The van der Waals surface area contributed by atoms with Crippen LogP contribution < -0.4 is 15.4 Å². The van der Waals surface area contributed by atoms with Gasteiger partial charge in [0.1, 0.15) is 10.8 Å². The second-order valence-electron chi connectivity index (χ2n) is 6.81. The molecule has 0 aliphatic carbocycles. The molecule has 1 aromatic heterocycles. The van der Waals surface area contributed by atoms with Gasteiger partial charge in [-0.05, 0) is 50.5 Å². The molecule has 0 fully saturated rings. The van der Waals surface area contributed by atoms with Crippen LogP contribution in [0.2, 0.25) is 10.0 Å². The highest BCUT2D eigenvalue weighted by atomic mass is 35.5. The Morgan fingerprint density at radius 3 is 2.56 bits per heavy atom. The topological polar surface area (TPSA) is 93.7 Å². The van der Waals surface area contributed by atoms with E-state index in [2.05, 4.69) is 10.6 Å². The van der Waals surface area contributed by atoms with Crippen molar-refractivity contribution in [1.29, 1.82) is 0 Å². The molecule has 0 unspecified atom stereocenters. The predicted molar refractivity (Wildman–Crippen MR) is 127 cm³/mol. The summed E-state index contributed by atoms with van der Waals surface area (Å²) in [5.74, 6) is -0.679. The normalized spacial score (nSPS) is 10.5.